The molecular formula is C31H32O5. The Bertz CT molecular complexity index is 1280. The number of carbonyl (C=O) groups is 1. The third-order valence-corrected chi connectivity index (χ3v) is 7.93. The van der Waals surface area contributed by atoms with E-state index in [9.17, 15) is 9.90 Å². The first-order valence-electron chi connectivity index (χ1n) is 12.9. The molecule has 0 spiro atoms. The van der Waals surface area contributed by atoms with Crippen LogP contribution in [-0.2, 0) is 16.1 Å². The van der Waals surface area contributed by atoms with Crippen molar-refractivity contribution in [2.24, 2.45) is 5.92 Å². The number of rotatable bonds is 8. The highest BCUT2D eigenvalue weighted by Crippen LogP contribution is 2.64. The first-order chi connectivity index (χ1) is 17.5. The molecule has 0 radical (unpaired) electrons. The summed E-state index contributed by atoms with van der Waals surface area (Å²) in [4.78, 5) is 11.3. The monoisotopic (exact) mass is 484 g/mol. The summed E-state index contributed by atoms with van der Waals surface area (Å²) in [5, 5.41) is 9.28. The van der Waals surface area contributed by atoms with Gasteiger partial charge < -0.3 is 19.3 Å². The molecular weight excluding hydrogens is 452 g/mol. The number of hydrogen-bond acceptors (Lipinski definition) is 4. The van der Waals surface area contributed by atoms with Gasteiger partial charge in [0.15, 0.2) is 0 Å². The summed E-state index contributed by atoms with van der Waals surface area (Å²) in [6.07, 6.45) is 2.41. The average molecular weight is 485 g/mol. The predicted octanol–water partition coefficient (Wildman–Crippen LogP) is 6.39. The molecule has 1 N–H and O–H groups in total. The third kappa shape index (κ3) is 4.48. The molecule has 0 aromatic heterocycles. The van der Waals surface area contributed by atoms with E-state index in [-0.39, 0.29) is 18.4 Å². The lowest BCUT2D eigenvalue weighted by molar-refractivity contribution is -0.137. The third-order valence-electron chi connectivity index (χ3n) is 7.93. The van der Waals surface area contributed by atoms with Gasteiger partial charge in [-0.3, -0.25) is 4.79 Å². The number of carboxylic acids is 1. The SMILES string of the molecule is Cc1cc(OC2CCOC2)cc(C)c1-c1cccc(COc2ccc3c(c2)C2CC2C3CC(=O)O)c1. The Balaban J connectivity index is 1.16. The number of fused-ring (bicyclic) bond motifs is 3. The van der Waals surface area contributed by atoms with Gasteiger partial charge in [0.2, 0.25) is 0 Å². The molecule has 36 heavy (non-hydrogen) atoms. The van der Waals surface area contributed by atoms with Gasteiger partial charge in [0.25, 0.3) is 0 Å². The molecule has 5 heteroatoms. The van der Waals surface area contributed by atoms with Crippen molar-refractivity contribution in [1.82, 2.24) is 0 Å². The van der Waals surface area contributed by atoms with Crippen LogP contribution < -0.4 is 9.47 Å². The second kappa shape index (κ2) is 9.29. The molecule has 2 aliphatic carbocycles. The molecule has 0 bridgehead atoms. The van der Waals surface area contributed by atoms with Crippen LogP contribution >= 0.6 is 0 Å². The lowest BCUT2D eigenvalue weighted by Gasteiger charge is -2.17. The Morgan fingerprint density at radius 3 is 2.61 bits per heavy atom. The van der Waals surface area contributed by atoms with Crippen LogP contribution in [0, 0.1) is 19.8 Å². The van der Waals surface area contributed by atoms with E-state index >= 15 is 0 Å². The van der Waals surface area contributed by atoms with Gasteiger partial charge in [-0.1, -0.05) is 24.3 Å². The van der Waals surface area contributed by atoms with Crippen LogP contribution in [0.1, 0.15) is 58.9 Å². The van der Waals surface area contributed by atoms with E-state index in [0.717, 1.165) is 36.5 Å². The number of hydrogen-bond donors (Lipinski definition) is 1. The molecule has 1 saturated heterocycles. The Labute approximate surface area is 212 Å². The summed E-state index contributed by atoms with van der Waals surface area (Å²) in [5.41, 5.74) is 8.39. The topological polar surface area (TPSA) is 65.0 Å². The van der Waals surface area contributed by atoms with E-state index < -0.39 is 5.97 Å². The summed E-state index contributed by atoms with van der Waals surface area (Å²) in [7, 11) is 0. The molecule has 3 aromatic carbocycles. The highest BCUT2D eigenvalue weighted by atomic mass is 16.5. The van der Waals surface area contributed by atoms with Crippen LogP contribution in [0.15, 0.2) is 54.6 Å². The van der Waals surface area contributed by atoms with E-state index in [4.69, 9.17) is 14.2 Å². The van der Waals surface area contributed by atoms with Crippen LogP contribution in [0.4, 0.5) is 0 Å². The summed E-state index contributed by atoms with van der Waals surface area (Å²) in [5.74, 6) is 2.21. The second-order valence-electron chi connectivity index (χ2n) is 10.5. The molecule has 5 nitrogen and oxygen atoms in total. The lowest BCUT2D eigenvalue weighted by Crippen LogP contribution is -2.15. The molecule has 4 unspecified atom stereocenters. The second-order valence-corrected chi connectivity index (χ2v) is 10.5. The average Bonchev–Trinajstić information content (AvgIpc) is 3.37. The van der Waals surface area contributed by atoms with Crippen LogP contribution in [0.25, 0.3) is 11.1 Å². The van der Waals surface area contributed by atoms with Crippen LogP contribution in [0.3, 0.4) is 0 Å². The molecule has 186 valence electrons. The normalized spacial score (nSPS) is 23.7. The van der Waals surface area contributed by atoms with Gasteiger partial charge in [0.1, 0.15) is 24.2 Å². The van der Waals surface area contributed by atoms with Gasteiger partial charge in [-0.15, -0.1) is 0 Å². The quantitative estimate of drug-likeness (QED) is 0.401. The minimum Gasteiger partial charge on any atom is -0.489 e. The Morgan fingerprint density at radius 1 is 1.03 bits per heavy atom. The van der Waals surface area contributed by atoms with E-state index in [2.05, 4.69) is 62.4 Å². The van der Waals surface area contributed by atoms with Gasteiger partial charge in [-0.05, 0) is 107 Å². The lowest BCUT2D eigenvalue weighted by atomic mass is 9.93. The molecule has 3 aromatic rings. The molecule has 1 heterocycles. The Kier molecular flexibility index (Phi) is 5.96. The molecule has 4 atom stereocenters. The van der Waals surface area contributed by atoms with Crippen LogP contribution in [0.5, 0.6) is 11.5 Å². The zero-order valence-electron chi connectivity index (χ0n) is 20.8. The number of benzene rings is 3. The van der Waals surface area contributed by atoms with Crippen molar-refractivity contribution in [3.63, 3.8) is 0 Å². The summed E-state index contributed by atoms with van der Waals surface area (Å²) >= 11 is 0. The minimum absolute atomic E-state index is 0.142. The van der Waals surface area contributed by atoms with Gasteiger partial charge in [0, 0.05) is 6.42 Å². The number of aryl methyl sites for hydroxylation is 2. The first-order valence-corrected chi connectivity index (χ1v) is 12.9. The van der Waals surface area contributed by atoms with Crippen molar-refractivity contribution in [1.29, 1.82) is 0 Å². The van der Waals surface area contributed by atoms with Crippen molar-refractivity contribution in [2.75, 3.05) is 13.2 Å². The zero-order valence-corrected chi connectivity index (χ0v) is 20.8. The van der Waals surface area contributed by atoms with Gasteiger partial charge >= 0.3 is 5.97 Å². The Morgan fingerprint density at radius 2 is 1.86 bits per heavy atom. The van der Waals surface area contributed by atoms with Crippen LogP contribution in [0.2, 0.25) is 0 Å². The van der Waals surface area contributed by atoms with Crippen molar-refractivity contribution < 1.29 is 24.1 Å². The molecule has 3 aliphatic rings. The Hall–Kier alpha value is -3.31. The largest absolute Gasteiger partial charge is 0.489 e. The standard InChI is InChI=1S/C31H32O5/c1-18-10-24(36-23-8-9-34-17-23)11-19(2)31(18)21-5-3-4-20(12-21)16-35-22-6-7-25-26(13-22)27-14-28(27)29(25)15-30(32)33/h3-7,10-13,23,27-29H,8-9,14-17H2,1-2H3,(H,32,33). The van der Waals surface area contributed by atoms with Gasteiger partial charge in [-0.25, -0.2) is 0 Å². The van der Waals surface area contributed by atoms with Crippen molar-refractivity contribution in [2.45, 2.75) is 57.7 Å². The van der Waals surface area contributed by atoms with Gasteiger partial charge in [-0.2, -0.15) is 0 Å². The number of ether oxygens (including phenoxy) is 3. The van der Waals surface area contributed by atoms with Crippen LogP contribution in [-0.4, -0.2) is 30.4 Å². The molecule has 0 amide bonds. The molecule has 6 rings (SSSR count). The highest BCUT2D eigenvalue weighted by Gasteiger charge is 2.52. The smallest absolute Gasteiger partial charge is 0.303 e. The fourth-order valence-corrected chi connectivity index (χ4v) is 6.23. The summed E-state index contributed by atoms with van der Waals surface area (Å²) < 4.78 is 17.8. The van der Waals surface area contributed by atoms with E-state index in [1.54, 1.807) is 0 Å². The maximum atomic E-state index is 11.3. The fraction of sp³-hybridized carbons (Fsp3) is 0.387. The van der Waals surface area contributed by atoms with Gasteiger partial charge in [0.05, 0.1) is 19.6 Å². The molecule has 2 fully saturated rings. The number of aliphatic carboxylic acids is 1. The summed E-state index contributed by atoms with van der Waals surface area (Å²) in [6, 6.07) is 19.0. The van der Waals surface area contributed by atoms with Crippen molar-refractivity contribution in [3.05, 3.63) is 82.4 Å². The molecule has 1 aliphatic heterocycles. The maximum Gasteiger partial charge on any atom is 0.303 e. The van der Waals surface area contributed by atoms with Crippen molar-refractivity contribution in [3.8, 4) is 22.6 Å². The number of carboxylic acid groups (broad SMARTS) is 1. The predicted molar refractivity (Wildman–Crippen MR) is 138 cm³/mol. The maximum absolute atomic E-state index is 11.3. The van der Waals surface area contributed by atoms with Crippen molar-refractivity contribution >= 4 is 5.97 Å². The first kappa shape index (κ1) is 23.1. The summed E-state index contributed by atoms with van der Waals surface area (Å²) in [6.45, 7) is 6.19. The zero-order chi connectivity index (χ0) is 24.8. The highest BCUT2D eigenvalue weighted by molar-refractivity contribution is 5.72. The van der Waals surface area contributed by atoms with E-state index in [1.807, 2.05) is 6.07 Å². The van der Waals surface area contributed by atoms with E-state index in [0.29, 0.717) is 25.0 Å². The fourth-order valence-electron chi connectivity index (χ4n) is 6.23. The molecule has 1 saturated carbocycles. The van der Waals surface area contributed by atoms with E-state index in [1.165, 1.54) is 33.4 Å². The minimum atomic E-state index is -0.713.